The summed E-state index contributed by atoms with van der Waals surface area (Å²) in [5.41, 5.74) is 8.31. The van der Waals surface area contributed by atoms with Crippen LogP contribution in [0, 0.1) is 0 Å². The van der Waals surface area contributed by atoms with Gasteiger partial charge in [-0.2, -0.15) is 0 Å². The standard InChI is InChI=1S/C22H22N6O2/c1-3-14(2)28-19(23)16(21(29)25-13-15-7-6-9-24-12-15)11-17-20(28)26-18-8-4-5-10-27(18)22(17)30/h4-12,14,23H,3,13H2,1-2H3,(H,25,29)/p+1/t14-/m1/s1. The monoisotopic (exact) mass is 403 g/mol. The number of aromatic nitrogens is 4. The minimum absolute atomic E-state index is 0.0448. The third kappa shape index (κ3) is 3.36. The fourth-order valence-corrected chi connectivity index (χ4v) is 3.45. The Balaban J connectivity index is 1.88. The van der Waals surface area contributed by atoms with Crippen LogP contribution in [-0.4, -0.2) is 20.3 Å². The molecule has 152 valence electrons. The summed E-state index contributed by atoms with van der Waals surface area (Å²) in [6.07, 6.45) is 5.79. The first-order valence-electron chi connectivity index (χ1n) is 9.83. The zero-order valence-corrected chi connectivity index (χ0v) is 16.9. The molecule has 0 spiro atoms. The van der Waals surface area contributed by atoms with Gasteiger partial charge in [0.15, 0.2) is 0 Å². The number of nitrogens with one attached hydrogen (secondary N) is 1. The summed E-state index contributed by atoms with van der Waals surface area (Å²) < 4.78 is 3.25. The average Bonchev–Trinajstić information content (AvgIpc) is 2.77. The van der Waals surface area contributed by atoms with E-state index in [2.05, 4.69) is 15.3 Å². The Morgan fingerprint density at radius 2 is 2.13 bits per heavy atom. The van der Waals surface area contributed by atoms with E-state index in [0.29, 0.717) is 23.2 Å². The number of anilines is 1. The van der Waals surface area contributed by atoms with Crippen molar-refractivity contribution in [2.75, 3.05) is 5.73 Å². The predicted molar refractivity (Wildman–Crippen MR) is 114 cm³/mol. The van der Waals surface area contributed by atoms with Crippen LogP contribution in [0.1, 0.15) is 42.2 Å². The van der Waals surface area contributed by atoms with E-state index in [0.717, 1.165) is 12.0 Å². The van der Waals surface area contributed by atoms with Crippen molar-refractivity contribution < 1.29 is 9.36 Å². The van der Waals surface area contributed by atoms with Crippen LogP contribution >= 0.6 is 0 Å². The van der Waals surface area contributed by atoms with Crippen LogP contribution in [0.2, 0.25) is 0 Å². The number of nitrogen functional groups attached to an aromatic ring is 1. The maximum Gasteiger partial charge on any atom is 0.278 e. The molecule has 0 aliphatic rings. The highest BCUT2D eigenvalue weighted by molar-refractivity contribution is 6.00. The lowest BCUT2D eigenvalue weighted by molar-refractivity contribution is -0.683. The van der Waals surface area contributed by atoms with Crippen LogP contribution in [-0.2, 0) is 6.54 Å². The average molecular weight is 403 g/mol. The Morgan fingerprint density at radius 1 is 1.30 bits per heavy atom. The number of hydrogen-bond acceptors (Lipinski definition) is 5. The van der Waals surface area contributed by atoms with E-state index >= 15 is 0 Å². The van der Waals surface area contributed by atoms with Crippen LogP contribution in [0.15, 0.2) is 59.8 Å². The minimum atomic E-state index is -0.354. The SMILES string of the molecule is CC[C@@H](C)[n+]1c(N)c(C(=O)NCc2cccnc2)cc2c(=O)n3ccccc3nc21. The molecule has 8 nitrogen and oxygen atoms in total. The van der Waals surface area contributed by atoms with Gasteiger partial charge in [0.25, 0.3) is 17.1 Å². The lowest BCUT2D eigenvalue weighted by Crippen LogP contribution is -2.45. The number of nitrogens with two attached hydrogens (primary N) is 1. The lowest BCUT2D eigenvalue weighted by Gasteiger charge is -2.16. The maximum absolute atomic E-state index is 13.1. The number of hydrogen-bond donors (Lipinski definition) is 2. The molecular weight excluding hydrogens is 380 g/mol. The second-order valence-corrected chi connectivity index (χ2v) is 7.20. The third-order valence-electron chi connectivity index (χ3n) is 5.25. The van der Waals surface area contributed by atoms with Crippen molar-refractivity contribution in [3.63, 3.8) is 0 Å². The normalized spacial score (nSPS) is 12.2. The van der Waals surface area contributed by atoms with E-state index in [1.54, 1.807) is 41.4 Å². The zero-order valence-electron chi connectivity index (χ0n) is 16.9. The van der Waals surface area contributed by atoms with Crippen LogP contribution in [0.5, 0.6) is 0 Å². The molecule has 0 aromatic carbocycles. The van der Waals surface area contributed by atoms with Gasteiger partial charge in [0, 0.05) is 25.1 Å². The van der Waals surface area contributed by atoms with Gasteiger partial charge in [0.2, 0.25) is 11.5 Å². The van der Waals surface area contributed by atoms with E-state index in [-0.39, 0.29) is 28.9 Å². The van der Waals surface area contributed by atoms with E-state index in [1.165, 1.54) is 10.5 Å². The summed E-state index contributed by atoms with van der Waals surface area (Å²) in [5, 5.41) is 3.21. The third-order valence-corrected chi connectivity index (χ3v) is 5.25. The van der Waals surface area contributed by atoms with Gasteiger partial charge in [0.05, 0.1) is 6.04 Å². The lowest BCUT2D eigenvalue weighted by atomic mass is 10.1. The van der Waals surface area contributed by atoms with Crippen LogP contribution < -0.4 is 21.2 Å². The Morgan fingerprint density at radius 3 is 2.87 bits per heavy atom. The zero-order chi connectivity index (χ0) is 21.3. The first-order chi connectivity index (χ1) is 14.5. The number of rotatable bonds is 5. The predicted octanol–water partition coefficient (Wildman–Crippen LogP) is 2.01. The molecule has 0 saturated carbocycles. The van der Waals surface area contributed by atoms with Crippen molar-refractivity contribution in [3.8, 4) is 0 Å². The number of pyridine rings is 3. The largest absolute Gasteiger partial charge is 0.348 e. The van der Waals surface area contributed by atoms with Crippen molar-refractivity contribution in [3.05, 3.63) is 76.5 Å². The van der Waals surface area contributed by atoms with E-state index < -0.39 is 0 Å². The molecule has 1 atom stereocenters. The van der Waals surface area contributed by atoms with Gasteiger partial charge in [-0.1, -0.05) is 24.0 Å². The van der Waals surface area contributed by atoms with Gasteiger partial charge in [-0.15, -0.1) is 0 Å². The van der Waals surface area contributed by atoms with Gasteiger partial charge in [-0.05, 0) is 43.2 Å². The summed E-state index contributed by atoms with van der Waals surface area (Å²) in [5.74, 6) is -0.0689. The van der Waals surface area contributed by atoms with Crippen molar-refractivity contribution in [1.82, 2.24) is 19.7 Å². The van der Waals surface area contributed by atoms with E-state index in [9.17, 15) is 9.59 Å². The molecule has 0 unspecified atom stereocenters. The summed E-state index contributed by atoms with van der Waals surface area (Å²) in [7, 11) is 0. The molecular formula is C22H23N6O2+. The number of carbonyl (C=O) groups excluding carboxylic acids is 1. The van der Waals surface area contributed by atoms with Crippen LogP contribution in [0.3, 0.4) is 0 Å². The summed E-state index contributed by atoms with van der Waals surface area (Å²) in [6, 6.07) is 10.5. The number of nitrogens with zero attached hydrogens (tertiary/aromatic N) is 4. The highest BCUT2D eigenvalue weighted by Crippen LogP contribution is 2.18. The molecule has 4 rings (SSSR count). The molecule has 30 heavy (non-hydrogen) atoms. The Bertz CT molecular complexity index is 1300. The van der Waals surface area contributed by atoms with Crippen molar-refractivity contribution >= 4 is 28.4 Å². The van der Waals surface area contributed by atoms with Crippen molar-refractivity contribution in [1.29, 1.82) is 0 Å². The second kappa shape index (κ2) is 7.90. The summed E-state index contributed by atoms with van der Waals surface area (Å²) in [4.78, 5) is 34.8. The smallest absolute Gasteiger partial charge is 0.278 e. The number of amides is 1. The van der Waals surface area contributed by atoms with Crippen molar-refractivity contribution in [2.24, 2.45) is 0 Å². The molecule has 3 N–H and O–H groups in total. The highest BCUT2D eigenvalue weighted by atomic mass is 16.1. The van der Waals surface area contributed by atoms with E-state index in [4.69, 9.17) is 5.73 Å². The first kappa shape index (κ1) is 19.5. The van der Waals surface area contributed by atoms with Crippen LogP contribution in [0.4, 0.5) is 5.82 Å². The Kier molecular flexibility index (Phi) is 5.14. The first-order valence-corrected chi connectivity index (χ1v) is 9.83. The van der Waals surface area contributed by atoms with Gasteiger partial charge < -0.3 is 11.1 Å². The molecule has 0 saturated heterocycles. The Hall–Kier alpha value is -3.81. The highest BCUT2D eigenvalue weighted by Gasteiger charge is 2.26. The molecule has 0 aliphatic carbocycles. The molecule has 0 aliphatic heterocycles. The molecule has 4 heterocycles. The molecule has 0 fully saturated rings. The quantitative estimate of drug-likeness (QED) is 0.392. The molecule has 0 radical (unpaired) electrons. The van der Waals surface area contributed by atoms with Gasteiger partial charge in [-0.25, -0.2) is 4.57 Å². The molecule has 1 amide bonds. The fraction of sp³-hybridized carbons (Fsp3) is 0.227. The van der Waals surface area contributed by atoms with Crippen molar-refractivity contribution in [2.45, 2.75) is 32.9 Å². The molecule has 8 heteroatoms. The van der Waals surface area contributed by atoms with E-state index in [1.807, 2.05) is 26.0 Å². The maximum atomic E-state index is 13.1. The number of carbonyl (C=O) groups is 1. The second-order valence-electron chi connectivity index (χ2n) is 7.20. The molecule has 0 bridgehead atoms. The van der Waals surface area contributed by atoms with Gasteiger partial charge >= 0.3 is 0 Å². The van der Waals surface area contributed by atoms with Gasteiger partial charge in [0.1, 0.15) is 10.9 Å². The minimum Gasteiger partial charge on any atom is -0.348 e. The Labute approximate surface area is 173 Å². The topological polar surface area (TPSA) is 106 Å². The number of fused-ring (bicyclic) bond motifs is 2. The fourth-order valence-electron chi connectivity index (χ4n) is 3.45. The molecule has 4 aromatic heterocycles. The molecule has 4 aromatic rings. The summed E-state index contributed by atoms with van der Waals surface area (Å²) >= 11 is 0. The summed E-state index contributed by atoms with van der Waals surface area (Å²) in [6.45, 7) is 4.32. The van der Waals surface area contributed by atoms with Crippen LogP contribution in [0.25, 0.3) is 16.7 Å². The van der Waals surface area contributed by atoms with Gasteiger partial charge in [-0.3, -0.25) is 19.0 Å².